The van der Waals surface area contributed by atoms with Gasteiger partial charge in [-0.25, -0.2) is 14.4 Å². The van der Waals surface area contributed by atoms with Crippen LogP contribution < -0.4 is 10.6 Å². The molecular weight excluding hydrogens is 400 g/mol. The molecular formula is C18H17ClF4N4O. The third kappa shape index (κ3) is 5.31. The number of halogens is 5. The maximum atomic E-state index is 12.9. The number of aromatic nitrogens is 2. The van der Waals surface area contributed by atoms with Gasteiger partial charge in [-0.05, 0) is 61.5 Å². The lowest BCUT2D eigenvalue weighted by Gasteiger charge is -2.30. The second-order valence-electron chi connectivity index (χ2n) is 6.58. The fraction of sp³-hybridized carbons (Fsp3) is 0.389. The molecule has 150 valence electrons. The largest absolute Gasteiger partial charge is 0.433 e. The lowest BCUT2D eigenvalue weighted by atomic mass is 9.91. The fourth-order valence-corrected chi connectivity index (χ4v) is 3.28. The molecule has 0 aliphatic heterocycles. The predicted molar refractivity (Wildman–Crippen MR) is 95.6 cm³/mol. The van der Waals surface area contributed by atoms with Gasteiger partial charge in [0.25, 0.3) is 5.91 Å². The van der Waals surface area contributed by atoms with Crippen molar-refractivity contribution in [3.05, 3.63) is 52.7 Å². The van der Waals surface area contributed by atoms with Gasteiger partial charge in [0.1, 0.15) is 11.6 Å². The molecule has 1 aliphatic rings. The summed E-state index contributed by atoms with van der Waals surface area (Å²) < 4.78 is 51.4. The van der Waals surface area contributed by atoms with Gasteiger partial charge in [-0.1, -0.05) is 0 Å². The average molecular weight is 417 g/mol. The highest BCUT2D eigenvalue weighted by molar-refractivity contribution is 6.28. The SMILES string of the molecule is O=C(NC1CCC(Nc2cc(C(F)(F)F)nc(Cl)n2)CC1)c1ccc(F)cc1. The molecule has 1 aliphatic carbocycles. The first-order valence-corrected chi connectivity index (χ1v) is 9.03. The minimum atomic E-state index is -4.61. The van der Waals surface area contributed by atoms with Crippen LogP contribution in [0.15, 0.2) is 30.3 Å². The Morgan fingerprint density at radius 3 is 2.25 bits per heavy atom. The zero-order valence-corrected chi connectivity index (χ0v) is 15.3. The first-order chi connectivity index (χ1) is 13.2. The maximum Gasteiger partial charge on any atom is 0.433 e. The van der Waals surface area contributed by atoms with Gasteiger partial charge in [-0.15, -0.1) is 0 Å². The van der Waals surface area contributed by atoms with E-state index in [0.717, 1.165) is 6.07 Å². The molecule has 3 rings (SSSR count). The van der Waals surface area contributed by atoms with E-state index in [2.05, 4.69) is 20.6 Å². The van der Waals surface area contributed by atoms with E-state index in [-0.39, 0.29) is 23.8 Å². The van der Waals surface area contributed by atoms with E-state index in [1.54, 1.807) is 0 Å². The van der Waals surface area contributed by atoms with E-state index >= 15 is 0 Å². The molecule has 1 saturated carbocycles. The van der Waals surface area contributed by atoms with Gasteiger partial charge < -0.3 is 10.6 Å². The van der Waals surface area contributed by atoms with Gasteiger partial charge in [-0.3, -0.25) is 4.79 Å². The van der Waals surface area contributed by atoms with Crippen molar-refractivity contribution >= 4 is 23.3 Å². The second kappa shape index (κ2) is 8.30. The Kier molecular flexibility index (Phi) is 6.02. The summed E-state index contributed by atoms with van der Waals surface area (Å²) in [4.78, 5) is 19.2. The highest BCUT2D eigenvalue weighted by Gasteiger charge is 2.34. The highest BCUT2D eigenvalue weighted by atomic mass is 35.5. The van der Waals surface area contributed by atoms with Gasteiger partial charge in [-0.2, -0.15) is 13.2 Å². The Bertz CT molecular complexity index is 836. The normalized spacial score (nSPS) is 19.9. The van der Waals surface area contributed by atoms with Gasteiger partial charge in [0, 0.05) is 23.7 Å². The van der Waals surface area contributed by atoms with Gasteiger partial charge in [0.15, 0.2) is 5.69 Å². The van der Waals surface area contributed by atoms with Crippen molar-refractivity contribution in [2.45, 2.75) is 43.9 Å². The molecule has 1 fully saturated rings. The lowest BCUT2D eigenvalue weighted by Crippen LogP contribution is -2.40. The summed E-state index contributed by atoms with van der Waals surface area (Å²) in [6, 6.07) is 5.94. The van der Waals surface area contributed by atoms with Crippen molar-refractivity contribution in [3.8, 4) is 0 Å². The van der Waals surface area contributed by atoms with Crippen LogP contribution in [-0.4, -0.2) is 28.0 Å². The molecule has 2 N–H and O–H groups in total. The Morgan fingerprint density at radius 2 is 1.64 bits per heavy atom. The zero-order valence-electron chi connectivity index (χ0n) is 14.6. The van der Waals surface area contributed by atoms with Crippen LogP contribution in [0.3, 0.4) is 0 Å². The number of carbonyl (C=O) groups excluding carboxylic acids is 1. The minimum Gasteiger partial charge on any atom is -0.367 e. The number of rotatable bonds is 4. The maximum absolute atomic E-state index is 12.9. The van der Waals surface area contributed by atoms with Crippen LogP contribution in [0, 0.1) is 5.82 Å². The molecule has 1 aromatic heterocycles. The molecule has 0 atom stereocenters. The molecule has 0 unspecified atom stereocenters. The molecule has 2 aromatic rings. The van der Waals surface area contributed by atoms with E-state index in [0.29, 0.717) is 31.2 Å². The van der Waals surface area contributed by atoms with Crippen molar-refractivity contribution in [3.63, 3.8) is 0 Å². The van der Waals surface area contributed by atoms with Crippen molar-refractivity contribution in [1.82, 2.24) is 15.3 Å². The van der Waals surface area contributed by atoms with Crippen LogP contribution in [0.5, 0.6) is 0 Å². The molecule has 1 aromatic carbocycles. The van der Waals surface area contributed by atoms with Crippen LogP contribution in [0.25, 0.3) is 0 Å². The summed E-state index contributed by atoms with van der Waals surface area (Å²) >= 11 is 5.59. The second-order valence-corrected chi connectivity index (χ2v) is 6.92. The average Bonchev–Trinajstić information content (AvgIpc) is 2.62. The van der Waals surface area contributed by atoms with Gasteiger partial charge in [0.05, 0.1) is 0 Å². The van der Waals surface area contributed by atoms with Crippen molar-refractivity contribution < 1.29 is 22.4 Å². The highest BCUT2D eigenvalue weighted by Crippen LogP contribution is 2.30. The Morgan fingerprint density at radius 1 is 1.04 bits per heavy atom. The molecule has 28 heavy (non-hydrogen) atoms. The van der Waals surface area contributed by atoms with Crippen LogP contribution in [0.2, 0.25) is 5.28 Å². The van der Waals surface area contributed by atoms with E-state index in [1.165, 1.54) is 24.3 Å². The van der Waals surface area contributed by atoms with Crippen molar-refractivity contribution in [2.24, 2.45) is 0 Å². The van der Waals surface area contributed by atoms with Crippen molar-refractivity contribution in [1.29, 1.82) is 0 Å². The molecule has 1 amide bonds. The predicted octanol–water partition coefficient (Wildman–Crippen LogP) is 4.44. The van der Waals surface area contributed by atoms with Crippen LogP contribution in [-0.2, 0) is 6.18 Å². The molecule has 5 nitrogen and oxygen atoms in total. The monoisotopic (exact) mass is 416 g/mol. The Labute approximate surface area is 163 Å². The molecule has 0 saturated heterocycles. The zero-order chi connectivity index (χ0) is 20.3. The Balaban J connectivity index is 1.54. The third-order valence-corrected chi connectivity index (χ3v) is 4.68. The summed E-state index contributed by atoms with van der Waals surface area (Å²) in [6.07, 6.45) is -2.04. The van der Waals surface area contributed by atoms with Crippen molar-refractivity contribution in [2.75, 3.05) is 5.32 Å². The first-order valence-electron chi connectivity index (χ1n) is 8.65. The molecule has 0 bridgehead atoms. The summed E-state index contributed by atoms with van der Waals surface area (Å²) in [5.74, 6) is -0.679. The summed E-state index contributed by atoms with van der Waals surface area (Å²) in [7, 11) is 0. The number of benzene rings is 1. The van der Waals surface area contributed by atoms with E-state index < -0.39 is 23.0 Å². The summed E-state index contributed by atoms with van der Waals surface area (Å²) in [6.45, 7) is 0. The fourth-order valence-electron chi connectivity index (χ4n) is 3.10. The quantitative estimate of drug-likeness (QED) is 0.571. The van der Waals surface area contributed by atoms with Crippen LogP contribution in [0.4, 0.5) is 23.4 Å². The number of amides is 1. The van der Waals surface area contributed by atoms with E-state index in [1.807, 2.05) is 0 Å². The van der Waals surface area contributed by atoms with Crippen LogP contribution in [0.1, 0.15) is 41.7 Å². The number of hydrogen-bond acceptors (Lipinski definition) is 4. The van der Waals surface area contributed by atoms with E-state index in [4.69, 9.17) is 11.6 Å². The van der Waals surface area contributed by atoms with E-state index in [9.17, 15) is 22.4 Å². The number of anilines is 1. The number of carbonyl (C=O) groups is 1. The molecule has 0 spiro atoms. The molecule has 10 heteroatoms. The topological polar surface area (TPSA) is 66.9 Å². The van der Waals surface area contributed by atoms with Gasteiger partial charge >= 0.3 is 6.18 Å². The molecule has 1 heterocycles. The first kappa shape index (κ1) is 20.3. The number of nitrogens with one attached hydrogen (secondary N) is 2. The summed E-state index contributed by atoms with van der Waals surface area (Å²) in [5.41, 5.74) is -0.729. The number of alkyl halides is 3. The standard InChI is InChI=1S/C18H17ClF4N4O/c19-17-26-14(18(21,22)23)9-15(27-17)24-12-5-7-13(8-6-12)25-16(28)10-1-3-11(20)4-2-10/h1-4,9,12-13H,5-8H2,(H,25,28)(H,24,26,27). The van der Waals surface area contributed by atoms with Gasteiger partial charge in [0.2, 0.25) is 5.28 Å². The number of hydrogen-bond donors (Lipinski definition) is 2. The van der Waals surface area contributed by atoms with Crippen LogP contribution >= 0.6 is 11.6 Å². The number of nitrogens with zero attached hydrogens (tertiary/aromatic N) is 2. The smallest absolute Gasteiger partial charge is 0.367 e. The minimum absolute atomic E-state index is 0.0196. The summed E-state index contributed by atoms with van der Waals surface area (Å²) in [5, 5.41) is 5.37. The lowest BCUT2D eigenvalue weighted by molar-refractivity contribution is -0.141. The Hall–Kier alpha value is -2.42. The molecule has 0 radical (unpaired) electrons. The third-order valence-electron chi connectivity index (χ3n) is 4.51.